The van der Waals surface area contributed by atoms with E-state index in [1.54, 1.807) is 6.92 Å². The molecule has 0 spiro atoms. The van der Waals surface area contributed by atoms with Gasteiger partial charge in [0.25, 0.3) is 6.01 Å². The third-order valence-electron chi connectivity index (χ3n) is 4.07. The molecule has 0 fully saturated rings. The number of hydrogen-bond acceptors (Lipinski definition) is 4. The molecule has 2 aromatic rings. The molecule has 29 heavy (non-hydrogen) atoms. The van der Waals surface area contributed by atoms with Gasteiger partial charge in [-0.2, -0.15) is 4.39 Å². The van der Waals surface area contributed by atoms with Gasteiger partial charge in [-0.25, -0.2) is 8.78 Å². The molecule has 0 heterocycles. The van der Waals surface area contributed by atoms with E-state index in [9.17, 15) is 23.1 Å². The Morgan fingerprint density at radius 2 is 1.90 bits per heavy atom. The summed E-state index contributed by atoms with van der Waals surface area (Å²) in [5.41, 5.74) is 5.45. The summed E-state index contributed by atoms with van der Waals surface area (Å²) >= 11 is 0. The van der Waals surface area contributed by atoms with Gasteiger partial charge in [-0.05, 0) is 6.07 Å². The van der Waals surface area contributed by atoms with Crippen LogP contribution in [0.4, 0.5) is 13.2 Å². The highest BCUT2D eigenvalue weighted by Gasteiger charge is 2.17. The van der Waals surface area contributed by atoms with Crippen LogP contribution in [0.25, 0.3) is 5.57 Å². The number of halogens is 3. The Labute approximate surface area is 165 Å². The van der Waals surface area contributed by atoms with E-state index in [4.69, 9.17) is 15.6 Å². The van der Waals surface area contributed by atoms with Crippen LogP contribution in [0.2, 0.25) is 0 Å². The Balaban J connectivity index is 2.47. The minimum atomic E-state index is -1.28. The Bertz CT molecular complexity index is 970. The van der Waals surface area contributed by atoms with Crippen LogP contribution in [0.15, 0.2) is 54.2 Å². The number of nitrogens with two attached hydrogens (primary N) is 1. The van der Waals surface area contributed by atoms with Gasteiger partial charge in [-0.3, -0.25) is 4.79 Å². The second-order valence-electron chi connectivity index (χ2n) is 6.07. The van der Waals surface area contributed by atoms with E-state index in [-0.39, 0.29) is 46.7 Å². The van der Waals surface area contributed by atoms with Gasteiger partial charge in [-0.1, -0.05) is 31.2 Å². The number of ether oxygens (including phenoxy) is 1. The first-order valence-corrected chi connectivity index (χ1v) is 8.72. The van der Waals surface area contributed by atoms with Crippen LogP contribution in [0, 0.1) is 11.6 Å². The molecular weight excluding hydrogens is 387 g/mol. The number of carbonyl (C=O) groups is 1. The predicted molar refractivity (Wildman–Crippen MR) is 102 cm³/mol. The Morgan fingerprint density at radius 1 is 1.17 bits per heavy atom. The first-order chi connectivity index (χ1) is 13.8. The Kier molecular flexibility index (Phi) is 7.44. The number of hydrogen-bond donors (Lipinski definition) is 3. The number of benzene rings is 2. The fourth-order valence-electron chi connectivity index (χ4n) is 2.63. The maximum atomic E-state index is 14.6. The maximum Gasteiger partial charge on any atom is 0.307 e. The first kappa shape index (κ1) is 22.0. The molecule has 2 aromatic carbocycles. The van der Waals surface area contributed by atoms with Crippen molar-refractivity contribution < 1.29 is 32.9 Å². The minimum absolute atomic E-state index is 0.0454. The van der Waals surface area contributed by atoms with E-state index in [1.807, 2.05) is 0 Å². The highest BCUT2D eigenvalue weighted by atomic mass is 19.1. The fraction of sp³-hybridized carbons (Fsp3) is 0.190. The zero-order chi connectivity index (χ0) is 21.6. The van der Waals surface area contributed by atoms with Gasteiger partial charge in [0.15, 0.2) is 0 Å². The third kappa shape index (κ3) is 5.61. The number of aliphatic hydroxyl groups is 1. The molecule has 5 nitrogen and oxygen atoms in total. The highest BCUT2D eigenvalue weighted by Crippen LogP contribution is 2.29. The van der Waals surface area contributed by atoms with Crippen molar-refractivity contribution in [3.8, 4) is 5.75 Å². The van der Waals surface area contributed by atoms with Crippen LogP contribution in [0.3, 0.4) is 0 Å². The smallest absolute Gasteiger partial charge is 0.307 e. The Morgan fingerprint density at radius 3 is 2.52 bits per heavy atom. The zero-order valence-electron chi connectivity index (χ0n) is 15.6. The third-order valence-corrected chi connectivity index (χ3v) is 4.07. The number of carboxylic acid groups (broad SMARTS) is 1. The van der Waals surface area contributed by atoms with Crippen LogP contribution in [0.5, 0.6) is 5.75 Å². The van der Waals surface area contributed by atoms with Crippen molar-refractivity contribution in [1.82, 2.24) is 0 Å². The summed E-state index contributed by atoms with van der Waals surface area (Å²) in [6.45, 7) is 1.49. The highest BCUT2D eigenvalue weighted by molar-refractivity contribution is 5.76. The molecule has 2 rings (SSSR count). The summed E-state index contributed by atoms with van der Waals surface area (Å²) in [7, 11) is 0. The van der Waals surface area contributed by atoms with E-state index in [0.717, 1.165) is 24.3 Å². The van der Waals surface area contributed by atoms with Crippen LogP contribution >= 0.6 is 0 Å². The molecule has 8 heteroatoms. The molecule has 0 saturated heterocycles. The molecule has 0 radical (unpaired) electrons. The molecule has 0 aliphatic heterocycles. The number of aliphatic hydroxyl groups excluding tert-OH is 1. The van der Waals surface area contributed by atoms with Gasteiger partial charge in [-0.15, -0.1) is 0 Å². The topological polar surface area (TPSA) is 92.8 Å². The largest absolute Gasteiger partial charge is 0.512 e. The lowest BCUT2D eigenvalue weighted by molar-refractivity contribution is -0.136. The lowest BCUT2D eigenvalue weighted by Gasteiger charge is -2.12. The summed E-state index contributed by atoms with van der Waals surface area (Å²) in [5.74, 6) is -3.33. The molecule has 0 aliphatic rings. The molecular formula is C21H20F3NO4. The van der Waals surface area contributed by atoms with Gasteiger partial charge < -0.3 is 20.7 Å². The van der Waals surface area contributed by atoms with Gasteiger partial charge in [0.2, 0.25) is 0 Å². The van der Waals surface area contributed by atoms with Crippen molar-refractivity contribution in [2.45, 2.75) is 26.3 Å². The van der Waals surface area contributed by atoms with E-state index in [2.05, 4.69) is 0 Å². The molecule has 0 amide bonds. The fourth-order valence-corrected chi connectivity index (χ4v) is 2.63. The summed E-state index contributed by atoms with van der Waals surface area (Å²) in [5, 5.41) is 19.1. The van der Waals surface area contributed by atoms with Gasteiger partial charge >= 0.3 is 5.97 Å². The summed E-state index contributed by atoms with van der Waals surface area (Å²) in [6, 6.07) is 6.05. The molecule has 4 N–H and O–H groups in total. The lowest BCUT2D eigenvalue weighted by atomic mass is 10.00. The SMILES string of the molecule is CC/C(O)=C(\C=C(/F)Oc1cc(F)ccc1CC(=O)O)c1cccc(CN)c1F. The summed E-state index contributed by atoms with van der Waals surface area (Å²) < 4.78 is 47.7. The number of aliphatic carboxylic acids is 1. The van der Waals surface area contributed by atoms with Crippen LogP contribution in [0.1, 0.15) is 30.0 Å². The summed E-state index contributed by atoms with van der Waals surface area (Å²) in [4.78, 5) is 10.9. The number of carboxylic acids is 1. The molecule has 0 aliphatic carbocycles. The van der Waals surface area contributed by atoms with Crippen molar-refractivity contribution in [2.75, 3.05) is 0 Å². The molecule has 0 bridgehead atoms. The Hall–Kier alpha value is -3.26. The van der Waals surface area contributed by atoms with Gasteiger partial charge in [0, 0.05) is 47.4 Å². The zero-order valence-corrected chi connectivity index (χ0v) is 15.6. The maximum absolute atomic E-state index is 14.6. The molecule has 0 atom stereocenters. The van der Waals surface area contributed by atoms with E-state index in [1.165, 1.54) is 18.2 Å². The van der Waals surface area contributed by atoms with Crippen LogP contribution in [-0.4, -0.2) is 16.2 Å². The summed E-state index contributed by atoms with van der Waals surface area (Å²) in [6.07, 6.45) is 0.321. The van der Waals surface area contributed by atoms with Crippen molar-refractivity contribution in [3.63, 3.8) is 0 Å². The van der Waals surface area contributed by atoms with Crippen LogP contribution in [-0.2, 0) is 17.8 Å². The normalized spacial score (nSPS) is 12.5. The standard InChI is InChI=1S/C21H20F3NO4/c1-2-17(26)16(15-5-3-4-13(11-25)21(15)24)10-19(23)29-18-9-14(22)7-6-12(18)8-20(27)28/h3-7,9-10,26H,2,8,11,25H2,1H3,(H,27,28)/b17-16-,19-10+. The van der Waals surface area contributed by atoms with Crippen molar-refractivity contribution >= 4 is 11.5 Å². The van der Waals surface area contributed by atoms with E-state index in [0.29, 0.717) is 0 Å². The molecule has 154 valence electrons. The predicted octanol–water partition coefficient (Wildman–Crippen LogP) is 4.62. The quantitative estimate of drug-likeness (QED) is 0.439. The first-order valence-electron chi connectivity index (χ1n) is 8.72. The van der Waals surface area contributed by atoms with E-state index >= 15 is 0 Å². The number of rotatable bonds is 8. The second-order valence-corrected chi connectivity index (χ2v) is 6.07. The molecule has 0 saturated carbocycles. The van der Waals surface area contributed by atoms with Crippen molar-refractivity contribution in [3.05, 3.63) is 82.6 Å². The van der Waals surface area contributed by atoms with Crippen LogP contribution < -0.4 is 10.5 Å². The number of allylic oxidation sites excluding steroid dienone is 3. The molecule has 0 aromatic heterocycles. The lowest BCUT2D eigenvalue weighted by Crippen LogP contribution is -2.05. The average Bonchev–Trinajstić information content (AvgIpc) is 2.68. The average molecular weight is 407 g/mol. The monoisotopic (exact) mass is 407 g/mol. The van der Waals surface area contributed by atoms with Crippen molar-refractivity contribution in [2.24, 2.45) is 5.73 Å². The second kappa shape index (κ2) is 9.79. The van der Waals surface area contributed by atoms with E-state index < -0.39 is 30.0 Å². The van der Waals surface area contributed by atoms with Gasteiger partial charge in [0.05, 0.1) is 6.42 Å². The van der Waals surface area contributed by atoms with Gasteiger partial charge in [0.1, 0.15) is 23.1 Å². The minimum Gasteiger partial charge on any atom is -0.512 e. The molecule has 0 unspecified atom stereocenters. The van der Waals surface area contributed by atoms with Crippen molar-refractivity contribution in [1.29, 1.82) is 0 Å².